The van der Waals surface area contributed by atoms with Crippen LogP contribution in [0.4, 0.5) is 14.5 Å². The van der Waals surface area contributed by atoms with Gasteiger partial charge in [0, 0.05) is 21.3 Å². The fourth-order valence-corrected chi connectivity index (χ4v) is 4.30. The number of halogens is 3. The zero-order chi connectivity index (χ0) is 28.0. The van der Waals surface area contributed by atoms with Gasteiger partial charge < -0.3 is 5.32 Å². The van der Waals surface area contributed by atoms with Gasteiger partial charge in [-0.1, -0.05) is 79.4 Å². The number of Topliss-reactive ketones (excluding diaryl/α,β-unsaturated/α-hetero) is 1. The normalized spacial score (nSPS) is 10.5. The number of ketones is 1. The summed E-state index contributed by atoms with van der Waals surface area (Å²) in [5.41, 5.74) is 5.15. The highest BCUT2D eigenvalue weighted by Crippen LogP contribution is 2.28. The lowest BCUT2D eigenvalue weighted by molar-refractivity contribution is 0.101. The van der Waals surface area contributed by atoms with Crippen LogP contribution in [0.15, 0.2) is 65.1 Å². The van der Waals surface area contributed by atoms with Crippen LogP contribution < -0.4 is 5.32 Å². The minimum Gasteiger partial charge on any atom is -0.379 e. The van der Waals surface area contributed by atoms with Crippen LogP contribution in [-0.2, 0) is 6.42 Å². The first kappa shape index (κ1) is 32.5. The number of hydrogen-bond donors (Lipinski definition) is 1. The van der Waals surface area contributed by atoms with Crippen LogP contribution in [0.25, 0.3) is 0 Å². The van der Waals surface area contributed by atoms with E-state index < -0.39 is 11.6 Å². The Morgan fingerprint density at radius 1 is 0.838 bits per heavy atom. The van der Waals surface area contributed by atoms with Crippen LogP contribution in [0.1, 0.15) is 87.4 Å². The quantitative estimate of drug-likeness (QED) is 0.271. The highest BCUT2D eigenvalue weighted by atomic mass is 79.9. The molecule has 0 spiro atoms. The Labute approximate surface area is 231 Å². The molecule has 0 radical (unpaired) electrons. The van der Waals surface area contributed by atoms with Crippen LogP contribution in [0, 0.1) is 25.5 Å². The largest absolute Gasteiger partial charge is 0.379 e. The summed E-state index contributed by atoms with van der Waals surface area (Å²) in [6, 6.07) is 18.2. The van der Waals surface area contributed by atoms with Crippen molar-refractivity contribution in [2.45, 2.75) is 86.1 Å². The standard InChI is InChI=1S/C17H27NO.C8H8F2.C7H7Br/c1-6-10-17(5,11-7-2)18-16-12-13(3)8-9-15(16)14(4)19;1-2-6-3-4-7(9)8(10)5-6;1-6-2-4-7(8)5-3-6/h8-9,12,18H,6-7,10-11H2,1-5H3;3-5H,2H2,1H3;2-5H,1H3. The van der Waals surface area contributed by atoms with E-state index in [9.17, 15) is 13.6 Å². The maximum Gasteiger partial charge on any atom is 0.161 e. The first-order valence-electron chi connectivity index (χ1n) is 13.0. The minimum absolute atomic E-state index is 0.0709. The van der Waals surface area contributed by atoms with Gasteiger partial charge in [-0.2, -0.15) is 0 Å². The lowest BCUT2D eigenvalue weighted by Gasteiger charge is -2.32. The molecule has 0 aliphatic carbocycles. The monoisotopic (exact) mass is 573 g/mol. The van der Waals surface area contributed by atoms with Crippen molar-refractivity contribution in [3.63, 3.8) is 0 Å². The number of hydrogen-bond acceptors (Lipinski definition) is 2. The van der Waals surface area contributed by atoms with Gasteiger partial charge in [0.05, 0.1) is 0 Å². The molecule has 0 saturated heterocycles. The third kappa shape index (κ3) is 12.0. The van der Waals surface area contributed by atoms with E-state index in [2.05, 4.69) is 74.1 Å². The van der Waals surface area contributed by atoms with Gasteiger partial charge in [-0.15, -0.1) is 0 Å². The maximum absolute atomic E-state index is 12.4. The third-order valence-electron chi connectivity index (χ3n) is 6.00. The number of aryl methyl sites for hydroxylation is 3. The summed E-state index contributed by atoms with van der Waals surface area (Å²) in [7, 11) is 0. The molecular weight excluding hydrogens is 532 g/mol. The van der Waals surface area contributed by atoms with Crippen molar-refractivity contribution in [1.82, 2.24) is 0 Å². The van der Waals surface area contributed by atoms with E-state index in [1.165, 1.54) is 17.2 Å². The van der Waals surface area contributed by atoms with Gasteiger partial charge in [0.25, 0.3) is 0 Å². The molecule has 0 amide bonds. The molecule has 0 aliphatic heterocycles. The Kier molecular flexibility index (Phi) is 14.4. The van der Waals surface area contributed by atoms with Crippen molar-refractivity contribution in [2.75, 3.05) is 5.32 Å². The second-order valence-electron chi connectivity index (χ2n) is 9.69. The van der Waals surface area contributed by atoms with Crippen molar-refractivity contribution in [1.29, 1.82) is 0 Å². The Morgan fingerprint density at radius 2 is 1.41 bits per heavy atom. The molecule has 1 N–H and O–H groups in total. The molecule has 0 saturated carbocycles. The third-order valence-corrected chi connectivity index (χ3v) is 6.53. The van der Waals surface area contributed by atoms with Crippen LogP contribution in [-0.4, -0.2) is 11.3 Å². The van der Waals surface area contributed by atoms with Crippen LogP contribution >= 0.6 is 15.9 Å². The molecule has 0 atom stereocenters. The number of anilines is 1. The summed E-state index contributed by atoms with van der Waals surface area (Å²) in [5, 5.41) is 3.63. The van der Waals surface area contributed by atoms with E-state index in [0.717, 1.165) is 59.5 Å². The number of rotatable bonds is 8. The van der Waals surface area contributed by atoms with E-state index >= 15 is 0 Å². The zero-order valence-electron chi connectivity index (χ0n) is 23.4. The molecule has 3 aromatic carbocycles. The molecule has 0 bridgehead atoms. The van der Waals surface area contributed by atoms with Crippen LogP contribution in [0.3, 0.4) is 0 Å². The molecule has 2 nitrogen and oxygen atoms in total. The predicted molar refractivity (Wildman–Crippen MR) is 158 cm³/mol. The number of carbonyl (C=O) groups excluding carboxylic acids is 1. The Morgan fingerprint density at radius 3 is 1.86 bits per heavy atom. The minimum atomic E-state index is -0.780. The van der Waals surface area contributed by atoms with E-state index in [4.69, 9.17) is 0 Å². The highest BCUT2D eigenvalue weighted by molar-refractivity contribution is 9.10. The lowest BCUT2D eigenvalue weighted by Crippen LogP contribution is -2.35. The Balaban J connectivity index is 0.000000315. The van der Waals surface area contributed by atoms with Gasteiger partial charge in [-0.25, -0.2) is 8.78 Å². The summed E-state index contributed by atoms with van der Waals surface area (Å²) in [5.74, 6) is -1.42. The van der Waals surface area contributed by atoms with E-state index in [1.807, 2.05) is 31.2 Å². The number of carbonyl (C=O) groups is 1. The van der Waals surface area contributed by atoms with Crippen molar-refractivity contribution in [3.8, 4) is 0 Å². The smallest absolute Gasteiger partial charge is 0.161 e. The van der Waals surface area contributed by atoms with Gasteiger partial charge in [0.15, 0.2) is 17.4 Å². The molecule has 37 heavy (non-hydrogen) atoms. The fraction of sp³-hybridized carbons (Fsp3) is 0.406. The van der Waals surface area contributed by atoms with Gasteiger partial charge in [0.1, 0.15) is 0 Å². The molecule has 0 fully saturated rings. The summed E-state index contributed by atoms with van der Waals surface area (Å²) in [6.45, 7) is 14.3. The van der Waals surface area contributed by atoms with Crippen molar-refractivity contribution < 1.29 is 13.6 Å². The maximum atomic E-state index is 12.4. The molecular formula is C32H42BrF2NO. The first-order valence-corrected chi connectivity index (χ1v) is 13.8. The predicted octanol–water partition coefficient (Wildman–Crippen LogP) is 10.3. The molecule has 0 heterocycles. The average Bonchev–Trinajstić information content (AvgIpc) is 2.83. The molecule has 0 unspecified atom stereocenters. The number of nitrogens with one attached hydrogen (secondary N) is 1. The molecule has 5 heteroatoms. The molecule has 202 valence electrons. The first-order chi connectivity index (χ1) is 17.4. The second kappa shape index (κ2) is 16.3. The van der Waals surface area contributed by atoms with Crippen LogP contribution in [0.5, 0.6) is 0 Å². The molecule has 0 aliphatic rings. The Hall–Kier alpha value is -2.53. The summed E-state index contributed by atoms with van der Waals surface area (Å²) in [6.07, 6.45) is 5.25. The second-order valence-corrected chi connectivity index (χ2v) is 10.6. The lowest BCUT2D eigenvalue weighted by atomic mass is 9.90. The molecule has 3 aromatic rings. The summed E-state index contributed by atoms with van der Waals surface area (Å²) < 4.78 is 25.8. The van der Waals surface area contributed by atoms with Gasteiger partial charge >= 0.3 is 0 Å². The Bertz CT molecular complexity index is 1090. The van der Waals surface area contributed by atoms with Crippen molar-refractivity contribution in [3.05, 3.63) is 99.0 Å². The zero-order valence-corrected chi connectivity index (χ0v) is 24.9. The summed E-state index contributed by atoms with van der Waals surface area (Å²) >= 11 is 3.35. The SMILES string of the molecule is CCCC(C)(CCC)Nc1cc(C)ccc1C(C)=O.CCc1ccc(F)c(F)c1.Cc1ccc(Br)cc1. The van der Waals surface area contributed by atoms with E-state index in [0.29, 0.717) is 0 Å². The van der Waals surface area contributed by atoms with Crippen LogP contribution in [0.2, 0.25) is 0 Å². The van der Waals surface area contributed by atoms with Gasteiger partial charge in [-0.05, 0) is 94.5 Å². The van der Waals surface area contributed by atoms with Gasteiger partial charge in [0.2, 0.25) is 0 Å². The van der Waals surface area contributed by atoms with Crippen molar-refractivity contribution in [2.24, 2.45) is 0 Å². The summed E-state index contributed by atoms with van der Waals surface area (Å²) in [4.78, 5) is 11.7. The molecule has 0 aromatic heterocycles. The van der Waals surface area contributed by atoms with Crippen molar-refractivity contribution >= 4 is 27.4 Å². The fourth-order valence-electron chi connectivity index (χ4n) is 4.04. The average molecular weight is 575 g/mol. The topological polar surface area (TPSA) is 29.1 Å². The highest BCUT2D eigenvalue weighted by Gasteiger charge is 2.23. The van der Waals surface area contributed by atoms with E-state index in [-0.39, 0.29) is 11.3 Å². The molecule has 3 rings (SSSR count). The number of benzene rings is 3. The van der Waals surface area contributed by atoms with E-state index in [1.54, 1.807) is 13.0 Å². The van der Waals surface area contributed by atoms with Gasteiger partial charge in [-0.3, -0.25) is 4.79 Å².